The van der Waals surface area contributed by atoms with Crippen molar-refractivity contribution in [2.75, 3.05) is 0 Å². The lowest BCUT2D eigenvalue weighted by Crippen LogP contribution is -2.28. The van der Waals surface area contributed by atoms with Gasteiger partial charge in [-0.05, 0) is 50.4 Å². The molecule has 152 valence electrons. The fourth-order valence-electron chi connectivity index (χ4n) is 2.89. The summed E-state index contributed by atoms with van der Waals surface area (Å²) in [5, 5.41) is 9.57. The normalized spacial score (nSPS) is 19.8. The van der Waals surface area contributed by atoms with Crippen LogP contribution < -0.4 is 10.3 Å². The maximum absolute atomic E-state index is 11.1. The summed E-state index contributed by atoms with van der Waals surface area (Å²) in [6, 6.07) is 0. The minimum absolute atomic E-state index is 0.349. The molecule has 2 fully saturated rings. The quantitative estimate of drug-likeness (QED) is 0.484. The van der Waals surface area contributed by atoms with Gasteiger partial charge >= 0.3 is 0 Å². The minimum Gasteiger partial charge on any atom is -0.228 e. The van der Waals surface area contributed by atoms with Gasteiger partial charge in [0, 0.05) is 0 Å². The van der Waals surface area contributed by atoms with E-state index in [-0.39, 0.29) is 10.5 Å². The number of rotatable bonds is 12. The summed E-state index contributed by atoms with van der Waals surface area (Å²) in [4.78, 5) is 0. The van der Waals surface area contributed by atoms with Gasteiger partial charge in [-0.1, -0.05) is 37.8 Å². The lowest BCUT2D eigenvalue weighted by molar-refractivity contribution is 0.549. The molecule has 0 aliphatic heterocycles. The maximum atomic E-state index is 11.1. The van der Waals surface area contributed by atoms with Crippen molar-refractivity contribution in [2.24, 2.45) is 22.1 Å². The third kappa shape index (κ3) is 10.4. The summed E-state index contributed by atoms with van der Waals surface area (Å²) in [5.74, 6) is 1.21. The molecule has 2 atom stereocenters. The number of hydrogen-bond acceptors (Lipinski definition) is 4. The van der Waals surface area contributed by atoms with Crippen molar-refractivity contribution >= 4 is 20.0 Å². The topological polar surface area (TPSA) is 120 Å². The van der Waals surface area contributed by atoms with Crippen molar-refractivity contribution in [2.45, 2.75) is 74.7 Å². The number of allylic oxidation sites excluding steroid dienone is 2. The number of hydrogen-bond donors (Lipinski definition) is 2. The van der Waals surface area contributed by atoms with Gasteiger partial charge < -0.3 is 0 Å². The second-order valence-corrected chi connectivity index (χ2v) is 11.2. The molecule has 0 bridgehead atoms. The first-order valence-electron chi connectivity index (χ1n) is 9.32. The van der Waals surface area contributed by atoms with Gasteiger partial charge in [0.15, 0.2) is 0 Å². The van der Waals surface area contributed by atoms with Gasteiger partial charge in [0.25, 0.3) is 0 Å². The standard InChI is InChI=1S/2C9H17NO2S/c2*1-2-3-4-9(13(10,11)12)7-8-5-6-8/h2*2,8-9H,1,3-7H2,(H2,10,11,12)/t2*9-/m10/s1. The van der Waals surface area contributed by atoms with E-state index in [0.29, 0.717) is 24.7 Å². The Balaban J connectivity index is 0.000000260. The van der Waals surface area contributed by atoms with Crippen LogP contribution in [0.1, 0.15) is 64.2 Å². The van der Waals surface area contributed by atoms with Gasteiger partial charge in [-0.3, -0.25) is 0 Å². The minimum atomic E-state index is -3.34. The molecular formula is C18H34N2O4S2. The molecule has 0 radical (unpaired) electrons. The molecule has 6 nitrogen and oxygen atoms in total. The predicted molar refractivity (Wildman–Crippen MR) is 107 cm³/mol. The molecule has 0 aromatic carbocycles. The van der Waals surface area contributed by atoms with Gasteiger partial charge in [0.1, 0.15) is 0 Å². The molecular weight excluding hydrogens is 372 g/mol. The first kappa shape index (κ1) is 23.3. The van der Waals surface area contributed by atoms with Crippen molar-refractivity contribution in [3.8, 4) is 0 Å². The third-order valence-corrected chi connectivity index (χ3v) is 7.62. The summed E-state index contributed by atoms with van der Waals surface area (Å²) in [6.45, 7) is 7.15. The van der Waals surface area contributed by atoms with E-state index in [1.165, 1.54) is 25.7 Å². The Morgan fingerprint density at radius 2 is 1.08 bits per heavy atom. The van der Waals surface area contributed by atoms with E-state index in [1.807, 2.05) is 0 Å². The molecule has 0 saturated heterocycles. The largest absolute Gasteiger partial charge is 0.228 e. The molecule has 0 amide bonds. The molecule has 0 heterocycles. The monoisotopic (exact) mass is 406 g/mol. The summed E-state index contributed by atoms with van der Waals surface area (Å²) in [6.07, 6.45) is 12.3. The summed E-state index contributed by atoms with van der Waals surface area (Å²) >= 11 is 0. The maximum Gasteiger partial charge on any atom is 0.211 e. The third-order valence-electron chi connectivity index (χ3n) is 4.90. The molecule has 8 heteroatoms. The van der Waals surface area contributed by atoms with Crippen molar-refractivity contribution in [3.63, 3.8) is 0 Å². The highest BCUT2D eigenvalue weighted by atomic mass is 32.2. The Bertz CT molecular complexity index is 593. The molecule has 0 spiro atoms. The van der Waals surface area contributed by atoms with Crippen molar-refractivity contribution in [1.29, 1.82) is 0 Å². The van der Waals surface area contributed by atoms with Crippen LogP contribution in [0.25, 0.3) is 0 Å². The Labute approximate surface area is 159 Å². The van der Waals surface area contributed by atoms with E-state index < -0.39 is 20.0 Å². The number of sulfonamides is 2. The van der Waals surface area contributed by atoms with Gasteiger partial charge in [0.05, 0.1) is 10.5 Å². The second kappa shape index (κ2) is 10.6. The van der Waals surface area contributed by atoms with Crippen LogP contribution >= 0.6 is 0 Å². The average Bonchev–Trinajstić information content (AvgIpc) is 3.41. The summed E-state index contributed by atoms with van der Waals surface area (Å²) in [7, 11) is -6.68. The zero-order valence-electron chi connectivity index (χ0n) is 15.6. The molecule has 4 N–H and O–H groups in total. The van der Waals surface area contributed by atoms with Crippen molar-refractivity contribution < 1.29 is 16.8 Å². The van der Waals surface area contributed by atoms with E-state index in [0.717, 1.165) is 25.7 Å². The van der Waals surface area contributed by atoms with Gasteiger partial charge in [-0.15, -0.1) is 13.2 Å². The van der Waals surface area contributed by atoms with Crippen LogP contribution in [-0.2, 0) is 20.0 Å². The van der Waals surface area contributed by atoms with Gasteiger partial charge in [-0.25, -0.2) is 27.1 Å². The number of nitrogens with two attached hydrogens (primary N) is 2. The average molecular weight is 407 g/mol. The van der Waals surface area contributed by atoms with Crippen LogP contribution in [0.5, 0.6) is 0 Å². The molecule has 2 aliphatic carbocycles. The van der Waals surface area contributed by atoms with Gasteiger partial charge in [0.2, 0.25) is 20.0 Å². The Morgan fingerprint density at radius 3 is 1.27 bits per heavy atom. The highest BCUT2D eigenvalue weighted by Crippen LogP contribution is 2.36. The van der Waals surface area contributed by atoms with Crippen LogP contribution in [0.15, 0.2) is 25.3 Å². The van der Waals surface area contributed by atoms with E-state index in [9.17, 15) is 16.8 Å². The molecule has 0 aromatic rings. The lowest BCUT2D eigenvalue weighted by atomic mass is 10.1. The highest BCUT2D eigenvalue weighted by molar-refractivity contribution is 7.90. The van der Waals surface area contributed by atoms with E-state index >= 15 is 0 Å². The highest BCUT2D eigenvalue weighted by Gasteiger charge is 2.31. The summed E-state index contributed by atoms with van der Waals surface area (Å²) in [5.41, 5.74) is 0. The van der Waals surface area contributed by atoms with E-state index in [2.05, 4.69) is 13.2 Å². The van der Waals surface area contributed by atoms with Crippen molar-refractivity contribution in [3.05, 3.63) is 25.3 Å². The Hall–Kier alpha value is -0.700. The zero-order valence-corrected chi connectivity index (χ0v) is 17.2. The molecule has 26 heavy (non-hydrogen) atoms. The summed E-state index contributed by atoms with van der Waals surface area (Å²) < 4.78 is 44.6. The molecule has 0 aromatic heterocycles. The van der Waals surface area contributed by atoms with Crippen molar-refractivity contribution in [1.82, 2.24) is 0 Å². The van der Waals surface area contributed by atoms with Crippen LogP contribution in [0, 0.1) is 11.8 Å². The smallest absolute Gasteiger partial charge is 0.211 e. The van der Waals surface area contributed by atoms with Crippen LogP contribution in [0.4, 0.5) is 0 Å². The fraction of sp³-hybridized carbons (Fsp3) is 0.778. The first-order chi connectivity index (χ1) is 12.1. The van der Waals surface area contributed by atoms with Gasteiger partial charge in [-0.2, -0.15) is 0 Å². The SMILES string of the molecule is C=CCC[C@@H](CC1CC1)S(N)(=O)=O.C=CCC[C@H](CC1CC1)S(N)(=O)=O. The zero-order chi connectivity index (χ0) is 19.8. The van der Waals surface area contributed by atoms with E-state index in [4.69, 9.17) is 10.3 Å². The van der Waals surface area contributed by atoms with E-state index in [1.54, 1.807) is 12.2 Å². The first-order valence-corrected chi connectivity index (χ1v) is 12.5. The number of primary sulfonamides is 2. The second-order valence-electron chi connectivity index (χ2n) is 7.51. The van der Waals surface area contributed by atoms with Crippen LogP contribution in [0.3, 0.4) is 0 Å². The molecule has 0 unspecified atom stereocenters. The van der Waals surface area contributed by atoms with Crippen LogP contribution in [0.2, 0.25) is 0 Å². The molecule has 2 rings (SSSR count). The van der Waals surface area contributed by atoms with Crippen LogP contribution in [-0.4, -0.2) is 27.3 Å². The Morgan fingerprint density at radius 1 is 0.769 bits per heavy atom. The predicted octanol–water partition coefficient (Wildman–Crippen LogP) is 2.82. The Kier molecular flexibility index (Phi) is 9.50. The molecule has 2 saturated carbocycles. The molecule has 2 aliphatic rings. The lowest BCUT2D eigenvalue weighted by Gasteiger charge is -2.12. The fourth-order valence-corrected chi connectivity index (χ4v) is 4.90.